The van der Waals surface area contributed by atoms with E-state index in [0.717, 1.165) is 0 Å². The molecule has 8 spiro atoms. The summed E-state index contributed by atoms with van der Waals surface area (Å²) < 4.78 is 262. The summed E-state index contributed by atoms with van der Waals surface area (Å²) in [7, 11) is 0. The van der Waals surface area contributed by atoms with Crippen LogP contribution in [0.1, 0.15) is 0 Å². The maximum atomic E-state index is 14.4. The van der Waals surface area contributed by atoms with E-state index >= 15 is 0 Å². The molecule has 0 amide bonds. The predicted molar refractivity (Wildman–Crippen MR) is 26.4 cm³/mol. The van der Waals surface area contributed by atoms with Crippen LogP contribution in [0.15, 0.2) is 0 Å². The maximum absolute atomic E-state index is 14.4. The van der Waals surface area contributed by atoms with E-state index in [1.54, 1.807) is 0 Å². The second-order valence-corrected chi connectivity index (χ2v) is 138. The van der Waals surface area contributed by atoms with Crippen molar-refractivity contribution in [3.63, 3.8) is 0 Å². The Kier molecular flexibility index (Phi) is 4.45. The van der Waals surface area contributed by atoms with Crippen LogP contribution in [-0.2, 0) is 234 Å². The van der Waals surface area contributed by atoms with E-state index in [1.807, 2.05) is 0 Å². The monoisotopic (exact) mass is 2350 g/mol. The SMILES string of the molecule is [O]=[W]1([O-])([O-])[O][W](=[O])([O-])([O-])[O][W]23(=[O])[O][W]4(=[O])([O]1)[O][W]15(=[O])[O][W]6(=[O])([O]2)[O][W]2(=[O])([O]3)[O][W](=[O])([O]6)([O]2)[O][W]2(=[O])([O]1)[O][W](=[O])([O]4)([O]5)[O]2. The van der Waals surface area contributed by atoms with E-state index in [9.17, 15) is 49.0 Å². The minimum atomic E-state index is -10.5. The molecule has 0 radical (unpaired) electrons. The van der Waals surface area contributed by atoms with Crippen LogP contribution >= 0.6 is 0 Å². The molecule has 13 fully saturated rings. The molecule has 0 aromatic rings. The van der Waals surface area contributed by atoms with E-state index in [1.165, 1.54) is 0 Å². The van der Waals surface area contributed by atoms with E-state index in [0.29, 0.717) is 0 Å². The molecule has 0 aromatic carbocycles. The fraction of sp³-hybridized carbons (Fsp3) is 0. The molecule has 0 atom stereocenters. The topological polar surface area (TPSA) is 429 Å². The summed E-state index contributed by atoms with van der Waals surface area (Å²) in [5.74, 6) is 0. The Labute approximate surface area is 243 Å². The van der Waals surface area contributed by atoms with Crippen LogP contribution in [0.5, 0.6) is 0 Å². The Morgan fingerprint density at radius 1 is 0.214 bits per heavy atom. The summed E-state index contributed by atoms with van der Waals surface area (Å²) in [6.45, 7) is 0. The van der Waals surface area contributed by atoms with E-state index in [-0.39, 0.29) is 0 Å². The first-order chi connectivity index (χ1) is 17.6. The van der Waals surface area contributed by atoms with Gasteiger partial charge in [-0.25, -0.2) is 0 Å². The van der Waals surface area contributed by atoms with Gasteiger partial charge in [0.15, 0.2) is 0 Å². The van der Waals surface area contributed by atoms with Crippen molar-refractivity contribution >= 4 is 0 Å². The average Bonchev–Trinajstić information content (AvgIpc) is 2.29. The second kappa shape index (κ2) is 5.85. The van der Waals surface area contributed by atoms with Gasteiger partial charge in [-0.1, -0.05) is 0 Å². The normalized spacial score (nSPS) is 58.7. The Balaban J connectivity index is 1.52. The molecule has 13 heterocycles. The molecule has 42 heteroatoms. The molecule has 0 N–H and O–H groups in total. The van der Waals surface area contributed by atoms with Gasteiger partial charge in [0.2, 0.25) is 0 Å². The van der Waals surface area contributed by atoms with Crippen molar-refractivity contribution in [2.24, 2.45) is 0 Å². The molecule has 42 heavy (non-hydrogen) atoms. The first-order valence-corrected chi connectivity index (χ1v) is 68.2. The Morgan fingerprint density at radius 2 is 0.333 bits per heavy atom. The van der Waals surface area contributed by atoms with Crippen molar-refractivity contribution in [2.45, 2.75) is 0 Å². The average molecular weight is 2350 g/mol. The van der Waals surface area contributed by atoms with Crippen LogP contribution in [0.25, 0.3) is 0 Å². The summed E-state index contributed by atoms with van der Waals surface area (Å²) in [5, 5.41) is 0. The summed E-state index contributed by atoms with van der Waals surface area (Å²) in [4.78, 5) is 0. The van der Waals surface area contributed by atoms with Crippen molar-refractivity contribution in [3.8, 4) is 0 Å². The molecular formula is O32W10-4. The Bertz CT molecular complexity index is 2220. The van der Waals surface area contributed by atoms with Crippen molar-refractivity contribution in [3.05, 3.63) is 0 Å². The van der Waals surface area contributed by atoms with Crippen LogP contribution in [0.3, 0.4) is 0 Å². The zero-order valence-corrected chi connectivity index (χ0v) is 46.5. The third kappa shape index (κ3) is 3.71. The van der Waals surface area contributed by atoms with Crippen molar-refractivity contribution in [1.29, 1.82) is 0 Å². The van der Waals surface area contributed by atoms with E-state index in [4.69, 9.17) is 0 Å². The van der Waals surface area contributed by atoms with Crippen molar-refractivity contribution in [1.82, 2.24) is 0 Å². The zero-order valence-electron chi connectivity index (χ0n) is 17.1. The molecule has 0 unspecified atom stereocenters. The predicted octanol–water partition coefficient (Wildman–Crippen LogP) is -7.20. The molecule has 32 nitrogen and oxygen atoms in total. The fourth-order valence-electron chi connectivity index (χ4n) is 3.80. The van der Waals surface area contributed by atoms with Crippen LogP contribution in [0, 0.1) is 0 Å². The standard InChI is InChI=1S/32O.10W/q;;;;;;;;;;;;;;;;;;;;;;;;;;;;4*-1;;;;;;;;;;. The molecule has 8 bridgehead atoms. The molecule has 13 rings (SSSR count). The van der Waals surface area contributed by atoms with Gasteiger partial charge in [0.25, 0.3) is 0 Å². The third-order valence-electron chi connectivity index (χ3n) is 4.00. The van der Waals surface area contributed by atoms with Crippen molar-refractivity contribution in [2.75, 3.05) is 0 Å². The molecule has 256 valence electrons. The van der Waals surface area contributed by atoms with E-state index in [2.05, 4.69) is 36.8 Å². The van der Waals surface area contributed by atoms with Crippen LogP contribution in [0.4, 0.5) is 0 Å². The molecule has 13 aliphatic heterocycles. The Hall–Kier alpha value is 4.00. The molecule has 13 saturated heterocycles. The Morgan fingerprint density at radius 3 is 0.476 bits per heavy atom. The van der Waals surface area contributed by atoms with Gasteiger partial charge < -0.3 is 0 Å². The van der Waals surface area contributed by atoms with Gasteiger partial charge >= 0.3 is 249 Å². The molecule has 13 aliphatic rings. The zero-order chi connectivity index (χ0) is 31.2. The number of hydrogen-bond acceptors (Lipinski definition) is 32. The summed E-state index contributed by atoms with van der Waals surface area (Å²) >= 11 is -97.5. The van der Waals surface area contributed by atoms with Crippen molar-refractivity contribution < 1.29 is 249 Å². The minimum absolute atomic E-state index is 2.94. The van der Waals surface area contributed by atoms with Crippen LogP contribution in [0.2, 0.25) is 0 Å². The van der Waals surface area contributed by atoms with Gasteiger partial charge in [-0.2, -0.15) is 0 Å². The first-order valence-electron chi connectivity index (χ1n) is 8.33. The quantitative estimate of drug-likeness (QED) is 0.217. The summed E-state index contributed by atoms with van der Waals surface area (Å²) in [6, 6.07) is 0. The van der Waals surface area contributed by atoms with Crippen LogP contribution in [-0.4, -0.2) is 0 Å². The number of hydrogen-bond donors (Lipinski definition) is 0. The summed E-state index contributed by atoms with van der Waals surface area (Å²) in [6.07, 6.45) is 0. The van der Waals surface area contributed by atoms with Gasteiger partial charge in [0.05, 0.1) is 0 Å². The van der Waals surface area contributed by atoms with Crippen LogP contribution < -0.4 is 15.0 Å². The molecule has 0 saturated carbocycles. The van der Waals surface area contributed by atoms with E-state index < -0.39 is 163 Å². The molecule has 0 aliphatic carbocycles. The van der Waals surface area contributed by atoms with Gasteiger partial charge in [-0.3, -0.25) is 0 Å². The van der Waals surface area contributed by atoms with Gasteiger partial charge in [-0.15, -0.1) is 0 Å². The fourth-order valence-corrected chi connectivity index (χ4v) is 506. The van der Waals surface area contributed by atoms with Gasteiger partial charge in [-0.05, 0) is 0 Å². The molecule has 0 aromatic heterocycles. The van der Waals surface area contributed by atoms with Gasteiger partial charge in [0.1, 0.15) is 0 Å². The summed E-state index contributed by atoms with van der Waals surface area (Å²) in [5.41, 5.74) is 0. The first kappa shape index (κ1) is 31.9. The molecular weight excluding hydrogens is 2350 g/mol. The second-order valence-electron chi connectivity index (χ2n) is 8.03. The van der Waals surface area contributed by atoms with Gasteiger partial charge in [0, 0.05) is 0 Å². The number of rotatable bonds is 0. The third-order valence-corrected chi connectivity index (χ3v) is 268.